The molecular weight excluding hydrogens is 226 g/mol. The number of hydrogen-bond acceptors (Lipinski definition) is 4. The number of furan rings is 1. The average molecular weight is 239 g/mol. The molecule has 1 atom stereocenters. The Kier molecular flexibility index (Phi) is 2.96. The van der Waals surface area contributed by atoms with Crippen LogP contribution in [0.15, 0.2) is 26.2 Å². The minimum absolute atomic E-state index is 0.418. The third-order valence-electron chi connectivity index (χ3n) is 2.51. The average Bonchev–Trinajstić information content (AvgIpc) is 2.79. The SMILES string of the molecule is Cc1noc(C)c1C[S@@](=O)c1ccoc1C. The van der Waals surface area contributed by atoms with E-state index in [2.05, 4.69) is 5.16 Å². The van der Waals surface area contributed by atoms with Gasteiger partial charge in [0, 0.05) is 5.56 Å². The lowest BCUT2D eigenvalue weighted by Crippen LogP contribution is -1.98. The molecule has 0 unspecified atom stereocenters. The van der Waals surface area contributed by atoms with E-state index in [1.54, 1.807) is 19.3 Å². The van der Waals surface area contributed by atoms with Gasteiger partial charge in [-0.25, -0.2) is 0 Å². The summed E-state index contributed by atoms with van der Waals surface area (Å²) in [6, 6.07) is 1.74. The lowest BCUT2D eigenvalue weighted by molar-refractivity contribution is 0.392. The van der Waals surface area contributed by atoms with Gasteiger partial charge in [0.2, 0.25) is 0 Å². The molecular formula is C11H13NO3S. The summed E-state index contributed by atoms with van der Waals surface area (Å²) in [5.41, 5.74) is 1.71. The van der Waals surface area contributed by atoms with Crippen LogP contribution in [0.1, 0.15) is 22.8 Å². The standard InChI is InChI=1S/C11H13NO3S/c1-7-10(8(2)15-12-7)6-16(13)11-4-5-14-9(11)3/h4-5H,6H2,1-3H3/t16-/m1/s1. The first kappa shape index (κ1) is 11.1. The molecule has 0 fully saturated rings. The van der Waals surface area contributed by atoms with Gasteiger partial charge in [0.05, 0.1) is 33.4 Å². The summed E-state index contributed by atoms with van der Waals surface area (Å²) in [6.45, 7) is 5.49. The van der Waals surface area contributed by atoms with E-state index in [1.807, 2.05) is 13.8 Å². The lowest BCUT2D eigenvalue weighted by atomic mass is 10.2. The van der Waals surface area contributed by atoms with Crippen LogP contribution in [0.2, 0.25) is 0 Å². The number of aromatic nitrogens is 1. The van der Waals surface area contributed by atoms with Crippen LogP contribution >= 0.6 is 0 Å². The molecule has 0 aromatic carbocycles. The van der Waals surface area contributed by atoms with Gasteiger partial charge in [-0.2, -0.15) is 0 Å². The Morgan fingerprint density at radius 3 is 2.56 bits per heavy atom. The molecule has 0 aliphatic heterocycles. The van der Waals surface area contributed by atoms with Gasteiger partial charge in [0.25, 0.3) is 0 Å². The monoisotopic (exact) mass is 239 g/mol. The third-order valence-corrected chi connectivity index (χ3v) is 3.98. The van der Waals surface area contributed by atoms with Crippen molar-refractivity contribution in [1.29, 1.82) is 0 Å². The Morgan fingerprint density at radius 2 is 2.06 bits per heavy atom. The van der Waals surface area contributed by atoms with Crippen LogP contribution < -0.4 is 0 Å². The zero-order valence-corrected chi connectivity index (χ0v) is 10.3. The second-order valence-electron chi connectivity index (χ2n) is 3.63. The topological polar surface area (TPSA) is 56.2 Å². The minimum atomic E-state index is -1.11. The fourth-order valence-electron chi connectivity index (χ4n) is 1.53. The second-order valence-corrected chi connectivity index (χ2v) is 5.05. The van der Waals surface area contributed by atoms with Gasteiger partial charge in [-0.1, -0.05) is 5.16 Å². The van der Waals surface area contributed by atoms with E-state index in [4.69, 9.17) is 8.94 Å². The van der Waals surface area contributed by atoms with Crippen molar-refractivity contribution in [3.05, 3.63) is 35.1 Å². The minimum Gasteiger partial charge on any atom is -0.468 e. The van der Waals surface area contributed by atoms with Gasteiger partial charge in [0.1, 0.15) is 11.5 Å². The maximum atomic E-state index is 12.1. The van der Waals surface area contributed by atoms with Crippen LogP contribution in [0.5, 0.6) is 0 Å². The summed E-state index contributed by atoms with van der Waals surface area (Å²) in [7, 11) is -1.11. The Labute approximate surface area is 96.1 Å². The van der Waals surface area contributed by atoms with Gasteiger partial charge >= 0.3 is 0 Å². The van der Waals surface area contributed by atoms with E-state index in [0.29, 0.717) is 11.5 Å². The van der Waals surface area contributed by atoms with E-state index in [0.717, 1.165) is 21.9 Å². The Balaban J connectivity index is 2.24. The van der Waals surface area contributed by atoms with Gasteiger partial charge in [-0.05, 0) is 26.8 Å². The molecule has 2 aromatic heterocycles. The van der Waals surface area contributed by atoms with Crippen LogP contribution in [-0.4, -0.2) is 9.37 Å². The molecule has 4 nitrogen and oxygen atoms in total. The van der Waals surface area contributed by atoms with E-state index in [1.165, 1.54) is 0 Å². The van der Waals surface area contributed by atoms with Crippen LogP contribution in [0.25, 0.3) is 0 Å². The predicted octanol–water partition coefficient (Wildman–Crippen LogP) is 2.50. The highest BCUT2D eigenvalue weighted by Crippen LogP contribution is 2.20. The Hall–Kier alpha value is -1.36. The van der Waals surface area contributed by atoms with Crippen LogP contribution in [0, 0.1) is 20.8 Å². The van der Waals surface area contributed by atoms with E-state index < -0.39 is 10.8 Å². The van der Waals surface area contributed by atoms with Gasteiger partial charge in [-0.3, -0.25) is 4.21 Å². The highest BCUT2D eigenvalue weighted by Gasteiger charge is 2.16. The maximum absolute atomic E-state index is 12.1. The summed E-state index contributed by atoms with van der Waals surface area (Å²) < 4.78 is 22.2. The first-order valence-corrected chi connectivity index (χ1v) is 6.25. The second kappa shape index (κ2) is 4.25. The van der Waals surface area contributed by atoms with Crippen LogP contribution in [0.3, 0.4) is 0 Å². The Morgan fingerprint density at radius 1 is 1.31 bits per heavy atom. The molecule has 16 heavy (non-hydrogen) atoms. The van der Waals surface area contributed by atoms with Crippen molar-refractivity contribution in [2.45, 2.75) is 31.4 Å². The molecule has 2 heterocycles. The summed E-state index contributed by atoms with van der Waals surface area (Å²) in [5, 5.41) is 3.84. The van der Waals surface area contributed by atoms with Crippen LogP contribution in [0.4, 0.5) is 0 Å². The quantitative estimate of drug-likeness (QED) is 0.825. The van der Waals surface area contributed by atoms with Crippen molar-refractivity contribution in [2.24, 2.45) is 0 Å². The van der Waals surface area contributed by atoms with Crippen LogP contribution in [-0.2, 0) is 16.6 Å². The molecule has 0 radical (unpaired) electrons. The molecule has 86 valence electrons. The lowest BCUT2D eigenvalue weighted by Gasteiger charge is -2.00. The summed E-state index contributed by atoms with van der Waals surface area (Å²) in [5.74, 6) is 1.85. The fraction of sp³-hybridized carbons (Fsp3) is 0.364. The van der Waals surface area contributed by atoms with Crippen molar-refractivity contribution in [3.8, 4) is 0 Å². The molecule has 0 saturated heterocycles. The molecule has 0 aliphatic carbocycles. The summed E-state index contributed by atoms with van der Waals surface area (Å²) in [6.07, 6.45) is 1.55. The van der Waals surface area contributed by atoms with E-state index >= 15 is 0 Å². The number of hydrogen-bond donors (Lipinski definition) is 0. The van der Waals surface area contributed by atoms with Crippen molar-refractivity contribution in [3.63, 3.8) is 0 Å². The highest BCUT2D eigenvalue weighted by molar-refractivity contribution is 7.84. The first-order chi connectivity index (χ1) is 7.59. The zero-order chi connectivity index (χ0) is 11.7. The van der Waals surface area contributed by atoms with Crippen molar-refractivity contribution < 1.29 is 13.1 Å². The first-order valence-electron chi connectivity index (χ1n) is 4.94. The number of nitrogens with zero attached hydrogens (tertiary/aromatic N) is 1. The van der Waals surface area contributed by atoms with Gasteiger partial charge in [-0.15, -0.1) is 0 Å². The molecule has 2 rings (SSSR count). The fourth-order valence-corrected chi connectivity index (χ4v) is 2.93. The molecule has 0 bridgehead atoms. The largest absolute Gasteiger partial charge is 0.468 e. The molecule has 2 aromatic rings. The number of aryl methyl sites for hydroxylation is 3. The highest BCUT2D eigenvalue weighted by atomic mass is 32.2. The Bertz CT molecular complexity index is 508. The van der Waals surface area contributed by atoms with E-state index in [9.17, 15) is 4.21 Å². The van der Waals surface area contributed by atoms with E-state index in [-0.39, 0.29) is 0 Å². The summed E-state index contributed by atoms with van der Waals surface area (Å²) in [4.78, 5) is 0.736. The number of rotatable bonds is 3. The molecule has 0 amide bonds. The normalized spacial score (nSPS) is 12.9. The molecule has 5 heteroatoms. The third kappa shape index (κ3) is 1.95. The smallest absolute Gasteiger partial charge is 0.138 e. The molecule has 0 spiro atoms. The molecule has 0 N–H and O–H groups in total. The maximum Gasteiger partial charge on any atom is 0.138 e. The van der Waals surface area contributed by atoms with Crippen molar-refractivity contribution in [1.82, 2.24) is 5.16 Å². The predicted molar refractivity (Wildman–Crippen MR) is 59.5 cm³/mol. The van der Waals surface area contributed by atoms with Crippen molar-refractivity contribution >= 4 is 10.8 Å². The summed E-state index contributed by atoms with van der Waals surface area (Å²) >= 11 is 0. The van der Waals surface area contributed by atoms with Crippen molar-refractivity contribution in [2.75, 3.05) is 0 Å². The molecule has 0 saturated carbocycles. The molecule has 0 aliphatic rings. The van der Waals surface area contributed by atoms with Gasteiger partial charge < -0.3 is 8.94 Å². The zero-order valence-electron chi connectivity index (χ0n) is 9.44. The van der Waals surface area contributed by atoms with Gasteiger partial charge in [0.15, 0.2) is 0 Å².